The third-order valence-electron chi connectivity index (χ3n) is 5.75. The van der Waals surface area contributed by atoms with Gasteiger partial charge in [-0.1, -0.05) is 11.6 Å². The van der Waals surface area contributed by atoms with Crippen molar-refractivity contribution in [1.29, 1.82) is 0 Å². The van der Waals surface area contributed by atoms with Gasteiger partial charge in [0.15, 0.2) is 0 Å². The Morgan fingerprint density at radius 1 is 1.23 bits per heavy atom. The predicted molar refractivity (Wildman–Crippen MR) is 106 cm³/mol. The molecule has 0 spiro atoms. The lowest BCUT2D eigenvalue weighted by molar-refractivity contribution is 0.0856. The van der Waals surface area contributed by atoms with Crippen LogP contribution in [0.4, 0.5) is 15.1 Å². The van der Waals surface area contributed by atoms with Gasteiger partial charge < -0.3 is 15.1 Å². The highest BCUT2D eigenvalue weighted by molar-refractivity contribution is 7.14. The molecule has 1 aromatic carbocycles. The Morgan fingerprint density at radius 2 is 2.08 bits per heavy atom. The molecule has 4 aliphatic rings. The molecular formula is C19H20ClFN4S. The number of benzene rings is 1. The lowest BCUT2D eigenvalue weighted by Gasteiger charge is -2.49. The number of thiophene rings is 1. The van der Waals surface area contributed by atoms with Gasteiger partial charge in [0.25, 0.3) is 0 Å². The summed E-state index contributed by atoms with van der Waals surface area (Å²) < 4.78 is 13.4. The van der Waals surface area contributed by atoms with E-state index in [4.69, 9.17) is 16.6 Å². The van der Waals surface area contributed by atoms with Gasteiger partial charge in [-0.15, -0.1) is 11.3 Å². The number of nitrogens with zero attached hydrogens (tertiary/aromatic N) is 3. The molecule has 3 saturated heterocycles. The maximum Gasteiger partial charge on any atom is 0.141 e. The van der Waals surface area contributed by atoms with Crippen molar-refractivity contribution in [1.82, 2.24) is 4.90 Å². The van der Waals surface area contributed by atoms with Crippen LogP contribution in [-0.2, 0) is 0 Å². The predicted octanol–water partition coefficient (Wildman–Crippen LogP) is 4.27. The van der Waals surface area contributed by atoms with Crippen LogP contribution in [0.25, 0.3) is 0 Å². The molecular weight excluding hydrogens is 371 g/mol. The first-order valence-corrected chi connectivity index (χ1v) is 10.3. The molecule has 1 unspecified atom stereocenters. The average molecular weight is 391 g/mol. The zero-order valence-corrected chi connectivity index (χ0v) is 15.9. The van der Waals surface area contributed by atoms with Crippen molar-refractivity contribution in [3.8, 4) is 0 Å². The molecule has 2 aromatic rings. The Balaban J connectivity index is 1.41. The number of piperidine rings is 3. The van der Waals surface area contributed by atoms with Gasteiger partial charge in [-0.3, -0.25) is 0 Å². The van der Waals surface area contributed by atoms with Gasteiger partial charge in [-0.25, -0.2) is 9.38 Å². The Morgan fingerprint density at radius 3 is 2.81 bits per heavy atom. The molecule has 1 atom stereocenters. The first kappa shape index (κ1) is 16.5. The van der Waals surface area contributed by atoms with Gasteiger partial charge in [-0.2, -0.15) is 0 Å². The highest BCUT2D eigenvalue weighted by Crippen LogP contribution is 2.39. The van der Waals surface area contributed by atoms with E-state index in [9.17, 15) is 4.39 Å². The van der Waals surface area contributed by atoms with Crippen molar-refractivity contribution in [2.24, 2.45) is 10.9 Å². The van der Waals surface area contributed by atoms with Crippen LogP contribution in [-0.4, -0.2) is 43.1 Å². The van der Waals surface area contributed by atoms with Crippen LogP contribution in [0.3, 0.4) is 0 Å². The van der Waals surface area contributed by atoms with E-state index in [1.54, 1.807) is 23.5 Å². The molecule has 3 fully saturated rings. The van der Waals surface area contributed by atoms with Gasteiger partial charge in [0.1, 0.15) is 23.3 Å². The summed E-state index contributed by atoms with van der Waals surface area (Å²) in [5.41, 5.74) is 1.88. The molecule has 0 aliphatic carbocycles. The van der Waals surface area contributed by atoms with Gasteiger partial charge >= 0.3 is 0 Å². The van der Waals surface area contributed by atoms with Crippen molar-refractivity contribution in [3.05, 3.63) is 46.0 Å². The van der Waals surface area contributed by atoms with E-state index in [1.807, 2.05) is 0 Å². The van der Waals surface area contributed by atoms with Crippen LogP contribution in [0, 0.1) is 11.7 Å². The Hall–Kier alpha value is -1.63. The van der Waals surface area contributed by atoms with Gasteiger partial charge in [-0.05, 0) is 61.5 Å². The number of aliphatic imine (C=N–C) groups is 1. The number of anilines is 2. The zero-order chi connectivity index (χ0) is 17.7. The molecule has 0 saturated carbocycles. The monoisotopic (exact) mass is 390 g/mol. The molecule has 5 heterocycles. The Bertz CT molecular complexity index is 859. The normalized spacial score (nSPS) is 27.2. The van der Waals surface area contributed by atoms with E-state index >= 15 is 0 Å². The highest BCUT2D eigenvalue weighted by atomic mass is 35.5. The van der Waals surface area contributed by atoms with Crippen LogP contribution in [0.5, 0.6) is 0 Å². The molecule has 2 bridgehead atoms. The topological polar surface area (TPSA) is 30.9 Å². The number of fused-ring (bicyclic) bond motifs is 4. The smallest absolute Gasteiger partial charge is 0.141 e. The number of halogens is 2. The SMILES string of the molecule is Fc1ccc(NC2=NCN(C3CN4CCC3CC4)c3sccc32)cc1Cl. The van der Waals surface area contributed by atoms with Gasteiger partial charge in [0.05, 0.1) is 10.6 Å². The zero-order valence-electron chi connectivity index (χ0n) is 14.3. The molecule has 26 heavy (non-hydrogen) atoms. The van der Waals surface area contributed by atoms with Crippen LogP contribution in [0.1, 0.15) is 18.4 Å². The maximum atomic E-state index is 13.4. The van der Waals surface area contributed by atoms with E-state index in [1.165, 1.54) is 37.0 Å². The van der Waals surface area contributed by atoms with Crippen LogP contribution >= 0.6 is 22.9 Å². The minimum atomic E-state index is -0.410. The van der Waals surface area contributed by atoms with E-state index in [0.29, 0.717) is 12.7 Å². The summed E-state index contributed by atoms with van der Waals surface area (Å²) in [7, 11) is 0. The summed E-state index contributed by atoms with van der Waals surface area (Å²) in [5, 5.41) is 6.84. The summed E-state index contributed by atoms with van der Waals surface area (Å²) in [6.45, 7) is 4.30. The van der Waals surface area contributed by atoms with E-state index in [-0.39, 0.29) is 5.02 Å². The third kappa shape index (κ3) is 2.80. The minimum absolute atomic E-state index is 0.117. The summed E-state index contributed by atoms with van der Waals surface area (Å²) in [6.07, 6.45) is 2.59. The summed E-state index contributed by atoms with van der Waals surface area (Å²) in [4.78, 5) is 9.88. The largest absolute Gasteiger partial charge is 0.340 e. The van der Waals surface area contributed by atoms with Crippen molar-refractivity contribution < 1.29 is 4.39 Å². The first-order chi connectivity index (χ1) is 12.7. The minimum Gasteiger partial charge on any atom is -0.340 e. The second-order valence-corrected chi connectivity index (χ2v) is 8.52. The molecule has 136 valence electrons. The van der Waals surface area contributed by atoms with Crippen molar-refractivity contribution in [2.75, 3.05) is 36.5 Å². The van der Waals surface area contributed by atoms with Crippen LogP contribution < -0.4 is 10.2 Å². The average Bonchev–Trinajstić information content (AvgIpc) is 3.16. The second-order valence-electron chi connectivity index (χ2n) is 7.22. The quantitative estimate of drug-likeness (QED) is 0.830. The fourth-order valence-corrected chi connectivity index (χ4v) is 5.49. The standard InChI is InChI=1S/C19H20ClFN4S/c20-15-9-13(1-2-16(15)21)23-18-14-5-8-26-19(14)25(11-22-18)17-10-24-6-3-12(17)4-7-24/h1-2,5,8-9,12,17H,3-4,6-7,10-11H2,(H,22,23). The first-order valence-electron chi connectivity index (χ1n) is 9.02. The summed E-state index contributed by atoms with van der Waals surface area (Å²) in [5.74, 6) is 1.20. The van der Waals surface area contributed by atoms with E-state index in [0.717, 1.165) is 29.5 Å². The van der Waals surface area contributed by atoms with Gasteiger partial charge in [0.2, 0.25) is 0 Å². The Kier molecular flexibility index (Phi) is 4.14. The molecule has 1 aromatic heterocycles. The number of hydrogen-bond acceptors (Lipinski definition) is 5. The molecule has 7 heteroatoms. The fourth-order valence-electron chi connectivity index (χ4n) is 4.36. The molecule has 1 N–H and O–H groups in total. The summed E-state index contributed by atoms with van der Waals surface area (Å²) in [6, 6.07) is 7.34. The summed E-state index contributed by atoms with van der Waals surface area (Å²) >= 11 is 7.68. The Labute approximate surface area is 161 Å². The van der Waals surface area contributed by atoms with Crippen LogP contribution in [0.2, 0.25) is 5.02 Å². The lowest BCUT2D eigenvalue weighted by Crippen LogP contribution is -2.58. The molecule has 0 amide bonds. The molecule has 6 rings (SSSR count). The highest BCUT2D eigenvalue weighted by Gasteiger charge is 2.39. The number of rotatable bonds is 2. The van der Waals surface area contributed by atoms with E-state index in [2.05, 4.69) is 26.6 Å². The number of amidine groups is 1. The van der Waals surface area contributed by atoms with Crippen molar-refractivity contribution in [2.45, 2.75) is 18.9 Å². The van der Waals surface area contributed by atoms with E-state index < -0.39 is 5.82 Å². The molecule has 0 radical (unpaired) electrons. The maximum absolute atomic E-state index is 13.4. The number of hydrogen-bond donors (Lipinski definition) is 1. The lowest BCUT2D eigenvalue weighted by atomic mass is 9.83. The van der Waals surface area contributed by atoms with Gasteiger partial charge in [0, 0.05) is 18.3 Å². The van der Waals surface area contributed by atoms with Crippen molar-refractivity contribution in [3.63, 3.8) is 0 Å². The molecule has 4 aliphatic heterocycles. The van der Waals surface area contributed by atoms with Crippen molar-refractivity contribution >= 4 is 39.5 Å². The fraction of sp³-hybridized carbons (Fsp3) is 0.421. The third-order valence-corrected chi connectivity index (χ3v) is 6.99. The number of nitrogens with one attached hydrogen (secondary N) is 1. The second kappa shape index (κ2) is 6.51. The van der Waals surface area contributed by atoms with Crippen LogP contribution in [0.15, 0.2) is 34.6 Å². The molecule has 4 nitrogen and oxygen atoms in total.